The molecule has 2 nitrogen and oxygen atoms in total. The molecule has 0 aliphatic heterocycles. The number of rotatable bonds is 7. The summed E-state index contributed by atoms with van der Waals surface area (Å²) in [7, 11) is 4.28. The first kappa shape index (κ1) is 14.7. The van der Waals surface area contributed by atoms with Crippen LogP contribution in [0.2, 0.25) is 0 Å². The average Bonchev–Trinajstić information content (AvgIpc) is 2.29. The minimum atomic E-state index is 0.877. The second kappa shape index (κ2) is 6.57. The molecule has 0 saturated heterocycles. The largest absolute Gasteiger partial charge is 0.373 e. The van der Waals surface area contributed by atoms with E-state index in [0.717, 1.165) is 22.1 Å². The van der Waals surface area contributed by atoms with Crippen molar-refractivity contribution in [2.24, 2.45) is 0 Å². The van der Waals surface area contributed by atoms with Gasteiger partial charge in [0.05, 0.1) is 14.7 Å². The van der Waals surface area contributed by atoms with Gasteiger partial charge in [-0.15, -0.1) is 0 Å². The highest BCUT2D eigenvalue weighted by atomic mass is 32.1. The maximum absolute atomic E-state index is 5.27. The van der Waals surface area contributed by atoms with Crippen LogP contribution >= 0.6 is 24.4 Å². The summed E-state index contributed by atoms with van der Waals surface area (Å²) in [5.41, 5.74) is 2.37. The quantitative estimate of drug-likeness (QED) is 0.699. The molecule has 1 rings (SSSR count). The van der Waals surface area contributed by atoms with Crippen LogP contribution in [0, 0.1) is 15.9 Å². The number of hydrogen-bond donors (Lipinski definition) is 0. The lowest BCUT2D eigenvalue weighted by Gasteiger charge is -2.25. The lowest BCUT2D eigenvalue weighted by atomic mass is 10.1. The molecule has 0 amide bonds. The molecule has 96 valence electrons. The van der Waals surface area contributed by atoms with Crippen LogP contribution in [0.1, 0.15) is 25.3 Å². The molecule has 4 heteroatoms. The summed E-state index contributed by atoms with van der Waals surface area (Å²) in [6, 6.07) is 0. The van der Waals surface area contributed by atoms with Crippen molar-refractivity contribution < 1.29 is 0 Å². The van der Waals surface area contributed by atoms with E-state index in [9.17, 15) is 0 Å². The predicted octanol–water partition coefficient (Wildman–Crippen LogP) is 3.50. The monoisotopic (exact) mass is 270 g/mol. The molecule has 0 radical (unpaired) electrons. The highest BCUT2D eigenvalue weighted by Crippen LogP contribution is 2.28. The van der Waals surface area contributed by atoms with E-state index >= 15 is 0 Å². The second-order valence-electron chi connectivity index (χ2n) is 4.71. The van der Waals surface area contributed by atoms with E-state index in [0.29, 0.717) is 0 Å². The Bertz CT molecular complexity index is 433. The summed E-state index contributed by atoms with van der Waals surface area (Å²) >= 11 is 10.5. The molecule has 0 aromatic heterocycles. The molecule has 1 aromatic carbocycles. The topological polar surface area (TPSA) is 6.48 Å². The molecule has 0 bridgehead atoms. The molecule has 0 unspecified atom stereocenters. The summed E-state index contributed by atoms with van der Waals surface area (Å²) < 4.78 is 1.76. The molecule has 0 aliphatic carbocycles. The Kier molecular flexibility index (Phi) is 5.70. The van der Waals surface area contributed by atoms with Crippen LogP contribution in [0.25, 0.3) is 0 Å². The van der Waals surface area contributed by atoms with Gasteiger partial charge >= 0.3 is 0 Å². The highest BCUT2D eigenvalue weighted by molar-refractivity contribution is 7.74. The normalized spacial score (nSPS) is 11.4. The van der Waals surface area contributed by atoms with E-state index in [1.54, 1.807) is 0 Å². The number of hydrogen-bond acceptors (Lipinski definition) is 4. The first-order chi connectivity index (χ1) is 7.99. The summed E-state index contributed by atoms with van der Waals surface area (Å²) in [5, 5.41) is 0. The second-order valence-corrected chi connectivity index (χ2v) is 5.53. The van der Waals surface area contributed by atoms with E-state index in [2.05, 4.69) is 37.7 Å². The summed E-state index contributed by atoms with van der Waals surface area (Å²) in [4.78, 5) is 4.62. The molecule has 1 aromatic rings. The fourth-order valence-electron chi connectivity index (χ4n) is 2.14. The molecule has 0 heterocycles. The third-order valence-corrected chi connectivity index (χ3v) is 4.17. The van der Waals surface area contributed by atoms with Crippen LogP contribution in [0.3, 0.4) is 0 Å². The van der Waals surface area contributed by atoms with Crippen molar-refractivity contribution in [2.45, 2.75) is 26.7 Å². The van der Waals surface area contributed by atoms with Crippen LogP contribution < -0.4 is 4.90 Å². The van der Waals surface area contributed by atoms with Crippen molar-refractivity contribution in [3.63, 3.8) is 0 Å². The average molecular weight is 270 g/mol. The minimum absolute atomic E-state index is 0.877. The standard InChI is InChI=1S/C13H22N2S2/c1-5-7-14(3)8-6-9-15(4)11-10(2)12(16)13(11)17/h5-9H2,1-4H3. The van der Waals surface area contributed by atoms with Crippen molar-refractivity contribution in [2.75, 3.05) is 38.6 Å². The van der Waals surface area contributed by atoms with Gasteiger partial charge in [0.25, 0.3) is 0 Å². The number of nitrogens with zero attached hydrogens (tertiary/aromatic N) is 2. The van der Waals surface area contributed by atoms with Crippen molar-refractivity contribution in [1.29, 1.82) is 0 Å². The van der Waals surface area contributed by atoms with Gasteiger partial charge in [-0.1, -0.05) is 31.4 Å². The Morgan fingerprint density at radius 3 is 2.18 bits per heavy atom. The van der Waals surface area contributed by atoms with Crippen LogP contribution in [-0.2, 0) is 0 Å². The first-order valence-corrected chi connectivity index (χ1v) is 7.00. The zero-order valence-electron chi connectivity index (χ0n) is 11.2. The van der Waals surface area contributed by atoms with Gasteiger partial charge in [0.15, 0.2) is 0 Å². The van der Waals surface area contributed by atoms with Gasteiger partial charge in [-0.05, 0) is 45.5 Å². The lowest BCUT2D eigenvalue weighted by Crippen LogP contribution is -2.27. The summed E-state index contributed by atoms with van der Waals surface area (Å²) in [6.07, 6.45) is 2.38. The first-order valence-electron chi connectivity index (χ1n) is 6.18. The highest BCUT2D eigenvalue weighted by Gasteiger charge is 2.14. The van der Waals surface area contributed by atoms with Crippen LogP contribution in [0.5, 0.6) is 0 Å². The van der Waals surface area contributed by atoms with Crippen molar-refractivity contribution >= 4 is 30.1 Å². The zero-order chi connectivity index (χ0) is 13.0. The fourth-order valence-corrected chi connectivity index (χ4v) is 2.79. The Morgan fingerprint density at radius 2 is 1.65 bits per heavy atom. The lowest BCUT2D eigenvalue weighted by molar-refractivity contribution is 0.331. The Hall–Kier alpha value is -0.320. The molecule has 17 heavy (non-hydrogen) atoms. The van der Waals surface area contributed by atoms with Gasteiger partial charge in [-0.2, -0.15) is 0 Å². The Labute approximate surface area is 115 Å². The molecule has 0 N–H and O–H groups in total. The van der Waals surface area contributed by atoms with Gasteiger partial charge in [-0.3, -0.25) is 0 Å². The summed E-state index contributed by atoms with van der Waals surface area (Å²) in [5.74, 6) is 0. The Morgan fingerprint density at radius 1 is 1.00 bits per heavy atom. The van der Waals surface area contributed by atoms with Gasteiger partial charge < -0.3 is 9.80 Å². The molecule has 0 fully saturated rings. The maximum Gasteiger partial charge on any atom is 0.0797 e. The smallest absolute Gasteiger partial charge is 0.0797 e. The van der Waals surface area contributed by atoms with Gasteiger partial charge in [0.1, 0.15) is 0 Å². The minimum Gasteiger partial charge on any atom is -0.373 e. The van der Waals surface area contributed by atoms with E-state index in [-0.39, 0.29) is 0 Å². The molecule has 0 spiro atoms. The SMILES string of the molecule is CCCN(C)CCCN(C)c1c(C)c(=S)c1=S. The van der Waals surface area contributed by atoms with Gasteiger partial charge in [-0.25, -0.2) is 0 Å². The van der Waals surface area contributed by atoms with Gasteiger partial charge in [0.2, 0.25) is 0 Å². The molecule has 0 atom stereocenters. The molecule has 0 aliphatic rings. The van der Waals surface area contributed by atoms with Crippen LogP contribution in [-0.4, -0.2) is 38.6 Å². The Balaban J connectivity index is 2.39. The summed E-state index contributed by atoms with van der Waals surface area (Å²) in [6.45, 7) is 7.64. The maximum atomic E-state index is 5.27. The molecular weight excluding hydrogens is 248 g/mol. The van der Waals surface area contributed by atoms with E-state index in [1.165, 1.54) is 30.6 Å². The zero-order valence-corrected chi connectivity index (χ0v) is 12.9. The van der Waals surface area contributed by atoms with E-state index in [1.807, 2.05) is 0 Å². The predicted molar refractivity (Wildman–Crippen MR) is 80.9 cm³/mol. The third kappa shape index (κ3) is 3.57. The fraction of sp³-hybridized carbons (Fsp3) is 0.692. The van der Waals surface area contributed by atoms with Crippen molar-refractivity contribution in [3.8, 4) is 0 Å². The van der Waals surface area contributed by atoms with Crippen LogP contribution in [0.15, 0.2) is 0 Å². The number of anilines is 1. The molecule has 0 saturated carbocycles. The van der Waals surface area contributed by atoms with Crippen LogP contribution in [0.4, 0.5) is 5.69 Å². The molecular formula is C13H22N2S2. The third-order valence-electron chi connectivity index (χ3n) is 3.14. The van der Waals surface area contributed by atoms with E-state index < -0.39 is 0 Å². The van der Waals surface area contributed by atoms with E-state index in [4.69, 9.17) is 24.4 Å². The van der Waals surface area contributed by atoms with Gasteiger partial charge in [0, 0.05) is 13.6 Å². The van der Waals surface area contributed by atoms with Crippen molar-refractivity contribution in [1.82, 2.24) is 4.90 Å². The van der Waals surface area contributed by atoms with Crippen molar-refractivity contribution in [3.05, 3.63) is 14.6 Å².